The Morgan fingerprint density at radius 1 is 1.35 bits per heavy atom. The topological polar surface area (TPSA) is 110 Å². The van der Waals surface area contributed by atoms with E-state index in [1.165, 1.54) is 4.57 Å². The van der Waals surface area contributed by atoms with Gasteiger partial charge in [-0.1, -0.05) is 0 Å². The summed E-state index contributed by atoms with van der Waals surface area (Å²) < 4.78 is 6.32. The van der Waals surface area contributed by atoms with Crippen LogP contribution in [0, 0.1) is 0 Å². The summed E-state index contributed by atoms with van der Waals surface area (Å²) in [5, 5.41) is 2.36. The normalized spacial score (nSPS) is 14.4. The fourth-order valence-corrected chi connectivity index (χ4v) is 2.21. The molecule has 0 atom stereocenters. The van der Waals surface area contributed by atoms with Crippen LogP contribution in [0.4, 0.5) is 10.6 Å². The highest BCUT2D eigenvalue weighted by molar-refractivity contribution is 6.31. The second-order valence-electron chi connectivity index (χ2n) is 6.27. The Labute approximate surface area is 136 Å². The summed E-state index contributed by atoms with van der Waals surface area (Å²) in [6.45, 7) is 5.01. The third-order valence-electron chi connectivity index (χ3n) is 3.08. The van der Waals surface area contributed by atoms with Gasteiger partial charge in [-0.15, -0.1) is 11.6 Å². The number of aromatic nitrogens is 2. The molecule has 1 fully saturated rings. The lowest BCUT2D eigenvalue weighted by Crippen LogP contribution is -2.38. The number of hydrogen-bond acceptors (Lipinski definition) is 5. The Hall–Kier alpha value is -2.09. The van der Waals surface area contributed by atoms with Crippen molar-refractivity contribution >= 4 is 29.3 Å². The van der Waals surface area contributed by atoms with Gasteiger partial charge in [-0.2, -0.15) is 0 Å². The van der Waals surface area contributed by atoms with Crippen molar-refractivity contribution in [3.05, 3.63) is 26.4 Å². The van der Waals surface area contributed by atoms with Crippen molar-refractivity contribution in [2.45, 2.75) is 45.3 Å². The average Bonchev–Trinajstić information content (AvgIpc) is 3.19. The van der Waals surface area contributed by atoms with E-state index in [2.05, 4.69) is 10.3 Å². The van der Waals surface area contributed by atoms with Crippen LogP contribution in [-0.2, 0) is 4.74 Å². The summed E-state index contributed by atoms with van der Waals surface area (Å²) in [5.74, 6) is -1.30. The lowest BCUT2D eigenvalue weighted by Gasteiger charge is -2.21. The van der Waals surface area contributed by atoms with Gasteiger partial charge in [-0.25, -0.2) is 9.59 Å². The fraction of sp³-hybridized carbons (Fsp3) is 0.571. The number of H-pyrrole nitrogens is 1. The number of halogens is 1. The third kappa shape index (κ3) is 4.01. The summed E-state index contributed by atoms with van der Waals surface area (Å²) >= 11 is 5.53. The molecule has 1 amide bonds. The zero-order valence-electron chi connectivity index (χ0n) is 13.1. The van der Waals surface area contributed by atoms with Crippen LogP contribution in [0.2, 0.25) is 0 Å². The van der Waals surface area contributed by atoms with Crippen LogP contribution in [0.15, 0.2) is 9.59 Å². The highest BCUT2D eigenvalue weighted by Gasteiger charge is 2.32. The number of Topliss-reactive ketones (excluding diaryl/α,β-unsaturated/α-hetero) is 1. The van der Waals surface area contributed by atoms with Gasteiger partial charge in [0.25, 0.3) is 5.56 Å². The number of amides is 1. The first kappa shape index (κ1) is 17.3. The van der Waals surface area contributed by atoms with Crippen molar-refractivity contribution in [2.75, 3.05) is 11.2 Å². The van der Waals surface area contributed by atoms with Gasteiger partial charge in [-0.05, 0) is 33.6 Å². The molecule has 0 saturated heterocycles. The number of carbonyl (C=O) groups excluding carboxylic acids is 2. The van der Waals surface area contributed by atoms with Crippen LogP contribution in [-0.4, -0.2) is 32.9 Å². The van der Waals surface area contributed by atoms with Gasteiger partial charge in [-0.3, -0.25) is 24.5 Å². The molecule has 0 bridgehead atoms. The van der Waals surface area contributed by atoms with Gasteiger partial charge in [0.05, 0.1) is 5.88 Å². The summed E-state index contributed by atoms with van der Waals surface area (Å²) in [5.41, 5.74) is -2.69. The van der Waals surface area contributed by atoms with Gasteiger partial charge < -0.3 is 4.74 Å². The van der Waals surface area contributed by atoms with Gasteiger partial charge in [0.1, 0.15) is 17.0 Å². The van der Waals surface area contributed by atoms with Crippen LogP contribution in [0.25, 0.3) is 0 Å². The van der Waals surface area contributed by atoms with E-state index in [0.29, 0.717) is 12.8 Å². The highest BCUT2D eigenvalue weighted by atomic mass is 35.5. The Kier molecular flexibility index (Phi) is 4.65. The van der Waals surface area contributed by atoms with E-state index < -0.39 is 34.6 Å². The van der Waals surface area contributed by atoms with Gasteiger partial charge in [0.15, 0.2) is 5.78 Å². The third-order valence-corrected chi connectivity index (χ3v) is 3.32. The Morgan fingerprint density at radius 3 is 2.43 bits per heavy atom. The van der Waals surface area contributed by atoms with Gasteiger partial charge in [0.2, 0.25) is 0 Å². The monoisotopic (exact) mass is 343 g/mol. The van der Waals surface area contributed by atoms with E-state index >= 15 is 0 Å². The minimum atomic E-state index is -0.886. The van der Waals surface area contributed by atoms with E-state index in [9.17, 15) is 19.2 Å². The largest absolute Gasteiger partial charge is 0.444 e. The van der Waals surface area contributed by atoms with Crippen molar-refractivity contribution in [3.8, 4) is 0 Å². The zero-order valence-corrected chi connectivity index (χ0v) is 13.8. The first-order chi connectivity index (χ1) is 10.6. The molecule has 0 aromatic carbocycles. The molecule has 1 aromatic rings. The maximum Gasteiger partial charge on any atom is 0.413 e. The molecule has 2 rings (SSSR count). The Morgan fingerprint density at radius 2 is 1.96 bits per heavy atom. The van der Waals surface area contributed by atoms with E-state index in [1.54, 1.807) is 20.8 Å². The predicted octanol–water partition coefficient (Wildman–Crippen LogP) is 1.64. The highest BCUT2D eigenvalue weighted by Crippen LogP contribution is 2.36. The van der Waals surface area contributed by atoms with E-state index in [1.807, 2.05) is 0 Å². The number of ether oxygens (including phenoxy) is 1. The molecule has 1 saturated carbocycles. The lowest BCUT2D eigenvalue weighted by atomic mass is 10.2. The number of alkyl halides is 1. The van der Waals surface area contributed by atoms with Gasteiger partial charge in [0, 0.05) is 6.04 Å². The van der Waals surface area contributed by atoms with Crippen molar-refractivity contribution in [1.29, 1.82) is 0 Å². The molecule has 126 valence electrons. The summed E-state index contributed by atoms with van der Waals surface area (Å²) in [6, 6.07) is -0.175. The molecule has 2 N–H and O–H groups in total. The second kappa shape index (κ2) is 6.19. The quantitative estimate of drug-likeness (QED) is 0.637. The zero-order chi connectivity index (χ0) is 17.4. The van der Waals surface area contributed by atoms with Crippen LogP contribution < -0.4 is 16.6 Å². The summed E-state index contributed by atoms with van der Waals surface area (Å²) in [7, 11) is 0. The van der Waals surface area contributed by atoms with E-state index in [-0.39, 0.29) is 17.4 Å². The molecule has 1 aromatic heterocycles. The molecule has 0 aliphatic heterocycles. The molecule has 1 heterocycles. The molecule has 1 aliphatic rings. The molecule has 1 aliphatic carbocycles. The molecule has 0 spiro atoms. The van der Waals surface area contributed by atoms with Crippen LogP contribution in [0.3, 0.4) is 0 Å². The van der Waals surface area contributed by atoms with Crippen LogP contribution in [0.5, 0.6) is 0 Å². The Balaban J connectivity index is 2.54. The molecule has 23 heavy (non-hydrogen) atoms. The molecule has 8 nitrogen and oxygen atoms in total. The first-order valence-electron chi connectivity index (χ1n) is 7.12. The number of nitrogens with one attached hydrogen (secondary N) is 2. The first-order valence-corrected chi connectivity index (χ1v) is 7.65. The number of rotatable bonds is 4. The van der Waals surface area contributed by atoms with Crippen molar-refractivity contribution in [1.82, 2.24) is 9.55 Å². The lowest BCUT2D eigenvalue weighted by molar-refractivity contribution is 0.0634. The molecular formula is C14H18ClN3O5. The SMILES string of the molecule is CC(C)(C)OC(=O)Nc1c(C(=O)CCl)c(=O)[nH]c(=O)n1C1CC1. The minimum Gasteiger partial charge on any atom is -0.444 e. The fourth-order valence-electron chi connectivity index (χ4n) is 2.08. The molecule has 9 heteroatoms. The summed E-state index contributed by atoms with van der Waals surface area (Å²) in [6.07, 6.45) is 0.563. The smallest absolute Gasteiger partial charge is 0.413 e. The minimum absolute atomic E-state index is 0.166. The predicted molar refractivity (Wildman–Crippen MR) is 84.5 cm³/mol. The summed E-state index contributed by atoms with van der Waals surface area (Å²) in [4.78, 5) is 50.1. The number of carbonyl (C=O) groups is 2. The number of ketones is 1. The molecule has 0 radical (unpaired) electrons. The second-order valence-corrected chi connectivity index (χ2v) is 6.54. The van der Waals surface area contributed by atoms with Crippen molar-refractivity contribution in [2.24, 2.45) is 0 Å². The number of nitrogens with zero attached hydrogens (tertiary/aromatic N) is 1. The Bertz CT molecular complexity index is 755. The standard InChI is InChI=1S/C14H18ClN3O5/c1-14(2,3)23-13(22)16-10-9(8(19)6-15)11(20)17-12(21)18(10)7-4-5-7/h7H,4-6H2,1-3H3,(H,16,22)(H,17,20,21). The average molecular weight is 344 g/mol. The van der Waals surface area contributed by atoms with E-state index in [0.717, 1.165) is 0 Å². The maximum atomic E-state index is 12.0. The number of aromatic amines is 1. The van der Waals surface area contributed by atoms with Crippen molar-refractivity contribution < 1.29 is 14.3 Å². The van der Waals surface area contributed by atoms with Gasteiger partial charge >= 0.3 is 11.8 Å². The maximum absolute atomic E-state index is 12.0. The van der Waals surface area contributed by atoms with Crippen LogP contribution in [0.1, 0.15) is 50.0 Å². The van der Waals surface area contributed by atoms with E-state index in [4.69, 9.17) is 16.3 Å². The molecular weight excluding hydrogens is 326 g/mol. The van der Waals surface area contributed by atoms with Crippen LogP contribution >= 0.6 is 11.6 Å². The van der Waals surface area contributed by atoms with Crippen molar-refractivity contribution in [3.63, 3.8) is 0 Å². The number of anilines is 1. The molecule has 0 unspecified atom stereocenters. The number of hydrogen-bond donors (Lipinski definition) is 2.